The van der Waals surface area contributed by atoms with E-state index in [-0.39, 0.29) is 28.2 Å². The summed E-state index contributed by atoms with van der Waals surface area (Å²) in [4.78, 5) is 0. The van der Waals surface area contributed by atoms with E-state index in [0.717, 1.165) is 18.2 Å². The predicted octanol–water partition coefficient (Wildman–Crippen LogP) is 3.96. The van der Waals surface area contributed by atoms with Crippen molar-refractivity contribution in [3.63, 3.8) is 0 Å². The van der Waals surface area contributed by atoms with Gasteiger partial charge in [0.05, 0.1) is 11.3 Å². The van der Waals surface area contributed by atoms with E-state index < -0.39 is 12.2 Å². The van der Waals surface area contributed by atoms with Crippen LogP contribution in [0.2, 0.25) is 0 Å². The van der Waals surface area contributed by atoms with E-state index in [1.807, 2.05) is 0 Å². The highest BCUT2D eigenvalue weighted by Gasteiger charge is 2.14. The third kappa shape index (κ3) is 2.83. The third-order valence-electron chi connectivity index (χ3n) is 2.68. The molecule has 0 bridgehead atoms. The normalized spacial score (nSPS) is 10.3. The van der Waals surface area contributed by atoms with E-state index in [2.05, 4.69) is 5.32 Å². The van der Waals surface area contributed by atoms with Crippen LogP contribution in [0, 0.1) is 17.1 Å². The summed E-state index contributed by atoms with van der Waals surface area (Å²) in [5, 5.41) is 11.6. The van der Waals surface area contributed by atoms with Crippen molar-refractivity contribution in [3.8, 4) is 6.07 Å². The predicted molar refractivity (Wildman–Crippen MR) is 70.2 cm³/mol. The first kappa shape index (κ1) is 13.7. The fourth-order valence-electron chi connectivity index (χ4n) is 1.74. The molecular formula is C14H10F3N3. The summed E-state index contributed by atoms with van der Waals surface area (Å²) in [7, 11) is 0. The summed E-state index contributed by atoms with van der Waals surface area (Å²) < 4.78 is 38.9. The number of alkyl halides is 2. The fraction of sp³-hybridized carbons (Fsp3) is 0.0714. The van der Waals surface area contributed by atoms with E-state index in [1.54, 1.807) is 6.07 Å². The fourth-order valence-corrected chi connectivity index (χ4v) is 1.74. The molecule has 0 aliphatic carbocycles. The number of hydrogen-bond donors (Lipinski definition) is 2. The minimum atomic E-state index is -2.72. The topological polar surface area (TPSA) is 61.8 Å². The maximum absolute atomic E-state index is 13.0. The van der Waals surface area contributed by atoms with Crippen molar-refractivity contribution in [2.24, 2.45) is 0 Å². The van der Waals surface area contributed by atoms with Crippen molar-refractivity contribution in [3.05, 3.63) is 53.3 Å². The second kappa shape index (κ2) is 5.53. The third-order valence-corrected chi connectivity index (χ3v) is 2.68. The van der Waals surface area contributed by atoms with E-state index >= 15 is 0 Å². The van der Waals surface area contributed by atoms with E-state index in [4.69, 9.17) is 11.0 Å². The molecule has 0 heterocycles. The number of nitrogen functional groups attached to an aromatic ring is 1. The molecule has 6 heteroatoms. The van der Waals surface area contributed by atoms with Gasteiger partial charge in [-0.3, -0.25) is 0 Å². The highest BCUT2D eigenvalue weighted by molar-refractivity contribution is 5.70. The quantitative estimate of drug-likeness (QED) is 0.835. The van der Waals surface area contributed by atoms with Gasteiger partial charge < -0.3 is 11.1 Å². The lowest BCUT2D eigenvalue weighted by atomic mass is 10.1. The van der Waals surface area contributed by atoms with Gasteiger partial charge in [0, 0.05) is 16.9 Å². The second-order valence-corrected chi connectivity index (χ2v) is 4.07. The van der Waals surface area contributed by atoms with Gasteiger partial charge in [0.15, 0.2) is 0 Å². The van der Waals surface area contributed by atoms with Crippen LogP contribution in [0.3, 0.4) is 0 Å². The smallest absolute Gasteiger partial charge is 0.265 e. The van der Waals surface area contributed by atoms with Crippen LogP contribution in [-0.2, 0) is 0 Å². The Balaban J connectivity index is 2.43. The average Bonchev–Trinajstić information content (AvgIpc) is 2.42. The highest BCUT2D eigenvalue weighted by Crippen LogP contribution is 2.32. The van der Waals surface area contributed by atoms with Crippen LogP contribution in [0.15, 0.2) is 36.4 Å². The second-order valence-electron chi connectivity index (χ2n) is 4.07. The summed E-state index contributed by atoms with van der Waals surface area (Å²) in [5.74, 6) is -0.571. The van der Waals surface area contributed by atoms with Crippen LogP contribution in [0.1, 0.15) is 17.6 Å². The number of benzene rings is 2. The summed E-state index contributed by atoms with van der Waals surface area (Å²) >= 11 is 0. The number of nitriles is 1. The van der Waals surface area contributed by atoms with Gasteiger partial charge in [-0.25, -0.2) is 13.2 Å². The molecule has 2 aromatic rings. The molecule has 20 heavy (non-hydrogen) atoms. The van der Waals surface area contributed by atoms with Crippen molar-refractivity contribution in [2.75, 3.05) is 11.1 Å². The zero-order valence-corrected chi connectivity index (χ0v) is 10.2. The highest BCUT2D eigenvalue weighted by atomic mass is 19.3. The molecule has 0 aliphatic heterocycles. The lowest BCUT2D eigenvalue weighted by Gasteiger charge is -2.13. The summed E-state index contributed by atoms with van der Waals surface area (Å²) in [6, 6.07) is 9.30. The molecule has 0 saturated carbocycles. The Morgan fingerprint density at radius 1 is 1.10 bits per heavy atom. The van der Waals surface area contributed by atoms with Crippen LogP contribution in [-0.4, -0.2) is 0 Å². The molecular weight excluding hydrogens is 267 g/mol. The standard InChI is InChI=1S/C14H10F3N3/c15-9-1-3-12(8(5-9)7-18)20-13-4-2-10(19)6-11(13)14(16)17/h1-6,14,20H,19H2. The van der Waals surface area contributed by atoms with Gasteiger partial charge >= 0.3 is 0 Å². The number of hydrogen-bond acceptors (Lipinski definition) is 3. The van der Waals surface area contributed by atoms with Crippen molar-refractivity contribution in [1.82, 2.24) is 0 Å². The zero-order valence-electron chi connectivity index (χ0n) is 10.2. The van der Waals surface area contributed by atoms with Crippen LogP contribution < -0.4 is 11.1 Å². The van der Waals surface area contributed by atoms with Crippen molar-refractivity contribution in [1.29, 1.82) is 5.26 Å². The molecule has 0 amide bonds. The minimum absolute atomic E-state index is 0.0297. The Labute approximate surface area is 113 Å². The Bertz CT molecular complexity index is 678. The molecule has 0 saturated heterocycles. The van der Waals surface area contributed by atoms with Gasteiger partial charge in [0.1, 0.15) is 11.9 Å². The first-order chi connectivity index (χ1) is 9.51. The number of nitrogens with two attached hydrogens (primary N) is 1. The maximum Gasteiger partial charge on any atom is 0.265 e. The van der Waals surface area contributed by atoms with Gasteiger partial charge in [-0.15, -0.1) is 0 Å². The Hall–Kier alpha value is -2.68. The van der Waals surface area contributed by atoms with Gasteiger partial charge in [0.25, 0.3) is 6.43 Å². The molecule has 0 unspecified atom stereocenters. The van der Waals surface area contributed by atoms with Crippen LogP contribution in [0.4, 0.5) is 30.2 Å². The number of nitrogens with zero attached hydrogens (tertiary/aromatic N) is 1. The zero-order chi connectivity index (χ0) is 14.7. The molecule has 2 rings (SSSR count). The lowest BCUT2D eigenvalue weighted by molar-refractivity contribution is 0.152. The number of halogens is 3. The molecule has 102 valence electrons. The molecule has 2 aromatic carbocycles. The molecule has 0 radical (unpaired) electrons. The summed E-state index contributed by atoms with van der Waals surface area (Å²) in [5.41, 5.74) is 5.81. The van der Waals surface area contributed by atoms with Crippen LogP contribution in [0.25, 0.3) is 0 Å². The first-order valence-corrected chi connectivity index (χ1v) is 5.65. The Kier molecular flexibility index (Phi) is 3.80. The van der Waals surface area contributed by atoms with E-state index in [0.29, 0.717) is 0 Å². The number of nitrogens with one attached hydrogen (secondary N) is 1. The summed E-state index contributed by atoms with van der Waals surface area (Å²) in [6.45, 7) is 0. The van der Waals surface area contributed by atoms with Gasteiger partial charge in [-0.05, 0) is 36.4 Å². The van der Waals surface area contributed by atoms with Gasteiger partial charge in [0.2, 0.25) is 0 Å². The van der Waals surface area contributed by atoms with Crippen LogP contribution in [0.5, 0.6) is 0 Å². The van der Waals surface area contributed by atoms with Crippen molar-refractivity contribution >= 4 is 17.1 Å². The molecule has 3 nitrogen and oxygen atoms in total. The van der Waals surface area contributed by atoms with Gasteiger partial charge in [-0.2, -0.15) is 5.26 Å². The SMILES string of the molecule is N#Cc1cc(F)ccc1Nc1ccc(N)cc1C(F)F. The molecule has 0 aromatic heterocycles. The average molecular weight is 277 g/mol. The molecule has 0 fully saturated rings. The first-order valence-electron chi connectivity index (χ1n) is 5.65. The molecule has 3 N–H and O–H groups in total. The van der Waals surface area contributed by atoms with Crippen LogP contribution >= 0.6 is 0 Å². The molecule has 0 atom stereocenters. The van der Waals surface area contributed by atoms with Crippen molar-refractivity contribution < 1.29 is 13.2 Å². The number of rotatable bonds is 3. The Morgan fingerprint density at radius 3 is 2.45 bits per heavy atom. The van der Waals surface area contributed by atoms with E-state index in [9.17, 15) is 13.2 Å². The maximum atomic E-state index is 13.0. The molecule has 0 aliphatic rings. The van der Waals surface area contributed by atoms with Crippen molar-refractivity contribution in [2.45, 2.75) is 6.43 Å². The monoisotopic (exact) mass is 277 g/mol. The molecule has 0 spiro atoms. The largest absolute Gasteiger partial charge is 0.399 e. The Morgan fingerprint density at radius 2 is 1.80 bits per heavy atom. The number of anilines is 3. The van der Waals surface area contributed by atoms with Gasteiger partial charge in [-0.1, -0.05) is 0 Å². The summed E-state index contributed by atoms with van der Waals surface area (Å²) in [6.07, 6.45) is -2.72. The lowest BCUT2D eigenvalue weighted by Crippen LogP contribution is -2.00. The minimum Gasteiger partial charge on any atom is -0.399 e. The van der Waals surface area contributed by atoms with E-state index in [1.165, 1.54) is 18.2 Å².